The van der Waals surface area contributed by atoms with Crippen molar-refractivity contribution in [1.82, 2.24) is 4.90 Å². The monoisotopic (exact) mass is 209 g/mol. The summed E-state index contributed by atoms with van der Waals surface area (Å²) in [6.45, 7) is 0.479. The first kappa shape index (κ1) is 9.67. The first-order valence-electron chi connectivity index (χ1n) is 3.36. The molecule has 12 heavy (non-hydrogen) atoms. The highest BCUT2D eigenvalue weighted by atomic mass is 35.5. The van der Waals surface area contributed by atoms with Crippen LogP contribution in [0.15, 0.2) is 0 Å². The second kappa shape index (κ2) is 4.00. The average Bonchev–Trinajstić information content (AvgIpc) is 2.50. The van der Waals surface area contributed by atoms with Gasteiger partial charge in [0.25, 0.3) is 0 Å². The van der Waals surface area contributed by atoms with Gasteiger partial charge in [0, 0.05) is 12.3 Å². The molecule has 1 N–H and O–H groups in total. The van der Waals surface area contributed by atoms with Crippen molar-refractivity contribution in [3.8, 4) is 0 Å². The van der Waals surface area contributed by atoms with Crippen molar-refractivity contribution in [2.24, 2.45) is 0 Å². The standard InChI is InChI=1S/C6H8ClNO3S/c7-3-4(9)8-1-2-12-5(8)6(10)11/h5H,1-3H2,(H,10,11). The topological polar surface area (TPSA) is 57.6 Å². The van der Waals surface area contributed by atoms with E-state index >= 15 is 0 Å². The van der Waals surface area contributed by atoms with E-state index < -0.39 is 11.3 Å². The van der Waals surface area contributed by atoms with Gasteiger partial charge in [-0.15, -0.1) is 23.4 Å². The van der Waals surface area contributed by atoms with E-state index in [9.17, 15) is 9.59 Å². The second-order valence-corrected chi connectivity index (χ2v) is 3.74. The predicted molar refractivity (Wildman–Crippen MR) is 46.3 cm³/mol. The quantitative estimate of drug-likeness (QED) is 0.661. The maximum absolute atomic E-state index is 11.0. The molecule has 1 aliphatic heterocycles. The highest BCUT2D eigenvalue weighted by Gasteiger charge is 2.33. The van der Waals surface area contributed by atoms with Crippen LogP contribution in [0.1, 0.15) is 0 Å². The van der Waals surface area contributed by atoms with Gasteiger partial charge < -0.3 is 10.0 Å². The number of rotatable bonds is 2. The van der Waals surface area contributed by atoms with E-state index in [1.165, 1.54) is 16.7 Å². The van der Waals surface area contributed by atoms with Crippen molar-refractivity contribution in [2.45, 2.75) is 5.37 Å². The third kappa shape index (κ3) is 1.84. The molecule has 0 radical (unpaired) electrons. The maximum atomic E-state index is 11.0. The summed E-state index contributed by atoms with van der Waals surface area (Å²) in [5.74, 6) is -0.769. The van der Waals surface area contributed by atoms with E-state index in [1.54, 1.807) is 0 Å². The lowest BCUT2D eigenvalue weighted by atomic mass is 10.4. The Balaban J connectivity index is 2.63. The zero-order chi connectivity index (χ0) is 9.14. The molecule has 0 aromatic heterocycles. The van der Waals surface area contributed by atoms with Gasteiger partial charge in [-0.1, -0.05) is 0 Å². The Kier molecular flexibility index (Phi) is 3.22. The number of halogens is 1. The summed E-state index contributed by atoms with van der Waals surface area (Å²) < 4.78 is 0. The van der Waals surface area contributed by atoms with Crippen LogP contribution in [0.4, 0.5) is 0 Å². The Morgan fingerprint density at radius 1 is 1.67 bits per heavy atom. The summed E-state index contributed by atoms with van der Waals surface area (Å²) in [5, 5.41) is 7.93. The molecule has 1 amide bonds. The number of hydrogen-bond acceptors (Lipinski definition) is 3. The van der Waals surface area contributed by atoms with Crippen LogP contribution in [0.2, 0.25) is 0 Å². The third-order valence-corrected chi connectivity index (χ3v) is 2.96. The molecular weight excluding hydrogens is 202 g/mol. The van der Waals surface area contributed by atoms with E-state index in [1.807, 2.05) is 0 Å². The van der Waals surface area contributed by atoms with E-state index in [2.05, 4.69) is 0 Å². The second-order valence-electron chi connectivity index (χ2n) is 2.28. The fourth-order valence-corrected chi connectivity index (χ4v) is 2.23. The highest BCUT2D eigenvalue weighted by Crippen LogP contribution is 2.23. The number of alkyl halides is 1. The Hall–Kier alpha value is -0.420. The lowest BCUT2D eigenvalue weighted by Gasteiger charge is -2.18. The number of carboxylic acids is 1. The van der Waals surface area contributed by atoms with Gasteiger partial charge >= 0.3 is 5.97 Å². The number of carbonyl (C=O) groups excluding carboxylic acids is 1. The lowest BCUT2D eigenvalue weighted by molar-refractivity contribution is -0.144. The number of carbonyl (C=O) groups is 2. The normalized spacial score (nSPS) is 22.8. The molecule has 0 bridgehead atoms. The minimum Gasteiger partial charge on any atom is -0.479 e. The summed E-state index contributed by atoms with van der Waals surface area (Å²) >= 11 is 6.56. The molecule has 0 spiro atoms. The molecule has 6 heteroatoms. The van der Waals surface area contributed by atoms with Gasteiger partial charge in [-0.05, 0) is 0 Å². The molecule has 1 atom stereocenters. The number of hydrogen-bond donors (Lipinski definition) is 1. The maximum Gasteiger partial charge on any atom is 0.337 e. The fraction of sp³-hybridized carbons (Fsp3) is 0.667. The van der Waals surface area contributed by atoms with Crippen LogP contribution in [0.5, 0.6) is 0 Å². The van der Waals surface area contributed by atoms with Crippen LogP contribution >= 0.6 is 23.4 Å². The van der Waals surface area contributed by atoms with Crippen molar-refractivity contribution >= 4 is 35.2 Å². The minimum atomic E-state index is -0.976. The molecule has 1 rings (SSSR count). The Morgan fingerprint density at radius 3 is 2.83 bits per heavy atom. The Bertz CT molecular complexity index is 211. The smallest absolute Gasteiger partial charge is 0.337 e. The SMILES string of the molecule is O=C(O)C1SCCN1C(=O)CCl. The van der Waals surface area contributed by atoms with Gasteiger partial charge in [-0.2, -0.15) is 0 Å². The average molecular weight is 210 g/mol. The van der Waals surface area contributed by atoms with E-state index in [4.69, 9.17) is 16.7 Å². The molecule has 0 aromatic rings. The van der Waals surface area contributed by atoms with Crippen molar-refractivity contribution in [3.63, 3.8) is 0 Å². The summed E-state index contributed by atoms with van der Waals surface area (Å²) in [6, 6.07) is 0. The van der Waals surface area contributed by atoms with Gasteiger partial charge in [-0.3, -0.25) is 4.79 Å². The van der Waals surface area contributed by atoms with Gasteiger partial charge in [0.1, 0.15) is 5.88 Å². The molecule has 4 nitrogen and oxygen atoms in total. The van der Waals surface area contributed by atoms with E-state index in [0.29, 0.717) is 12.3 Å². The molecule has 0 aliphatic carbocycles. The molecule has 1 aliphatic rings. The molecule has 1 saturated heterocycles. The van der Waals surface area contributed by atoms with E-state index in [-0.39, 0.29) is 11.8 Å². The molecule has 0 aromatic carbocycles. The molecule has 1 fully saturated rings. The summed E-state index contributed by atoms with van der Waals surface area (Å²) in [4.78, 5) is 22.9. The lowest BCUT2D eigenvalue weighted by Crippen LogP contribution is -2.39. The van der Waals surface area contributed by atoms with Crippen LogP contribution in [-0.4, -0.2) is 45.4 Å². The number of amides is 1. The van der Waals surface area contributed by atoms with Crippen molar-refractivity contribution in [1.29, 1.82) is 0 Å². The van der Waals surface area contributed by atoms with Crippen molar-refractivity contribution in [3.05, 3.63) is 0 Å². The molecule has 68 valence electrons. The van der Waals surface area contributed by atoms with Crippen LogP contribution in [0, 0.1) is 0 Å². The third-order valence-electron chi connectivity index (χ3n) is 1.54. The highest BCUT2D eigenvalue weighted by molar-refractivity contribution is 8.00. The van der Waals surface area contributed by atoms with Gasteiger partial charge in [-0.25, -0.2) is 4.79 Å². The number of carboxylic acid groups (broad SMARTS) is 1. The van der Waals surface area contributed by atoms with Crippen LogP contribution in [-0.2, 0) is 9.59 Å². The van der Waals surface area contributed by atoms with Crippen LogP contribution in [0.3, 0.4) is 0 Å². The zero-order valence-electron chi connectivity index (χ0n) is 6.20. The first-order chi connectivity index (χ1) is 5.66. The zero-order valence-corrected chi connectivity index (χ0v) is 7.77. The van der Waals surface area contributed by atoms with Crippen molar-refractivity contribution in [2.75, 3.05) is 18.2 Å². The van der Waals surface area contributed by atoms with Gasteiger partial charge in [0.2, 0.25) is 5.91 Å². The number of nitrogens with zero attached hydrogens (tertiary/aromatic N) is 1. The first-order valence-corrected chi connectivity index (χ1v) is 4.95. The van der Waals surface area contributed by atoms with Crippen LogP contribution < -0.4 is 0 Å². The van der Waals surface area contributed by atoms with Crippen LogP contribution in [0.25, 0.3) is 0 Å². The largest absolute Gasteiger partial charge is 0.479 e. The minimum absolute atomic E-state index is 0.148. The fourth-order valence-electron chi connectivity index (χ4n) is 1.01. The molecule has 0 saturated carbocycles. The van der Waals surface area contributed by atoms with Gasteiger partial charge in [0.15, 0.2) is 5.37 Å². The van der Waals surface area contributed by atoms with Gasteiger partial charge in [0.05, 0.1) is 0 Å². The predicted octanol–water partition coefficient (Wildman–Crippen LogP) is 0.211. The summed E-state index contributed by atoms with van der Waals surface area (Å²) in [7, 11) is 0. The Morgan fingerprint density at radius 2 is 2.33 bits per heavy atom. The molecule has 1 heterocycles. The summed E-state index contributed by atoms with van der Waals surface area (Å²) in [6.07, 6.45) is 0. The Labute approximate surface area is 78.9 Å². The van der Waals surface area contributed by atoms with Crippen molar-refractivity contribution < 1.29 is 14.7 Å². The number of thioether (sulfide) groups is 1. The number of aliphatic carboxylic acids is 1. The molecular formula is C6H8ClNO3S. The molecule has 1 unspecified atom stereocenters. The van der Waals surface area contributed by atoms with E-state index in [0.717, 1.165) is 0 Å². The summed E-state index contributed by atoms with van der Waals surface area (Å²) in [5.41, 5.74) is 0.